The molecule has 0 atom stereocenters. The standard InChI is InChI=1S/C8H4F3IN2O/c9-8(10,11)15-7-5(12)3-4-1-2-13-6(4)14-7/h1-3H,(H,13,14). The third kappa shape index (κ3) is 2.33. The quantitative estimate of drug-likeness (QED) is 0.817. The van der Waals surface area contributed by atoms with Crippen LogP contribution in [0.5, 0.6) is 5.88 Å². The molecular weight excluding hydrogens is 324 g/mol. The van der Waals surface area contributed by atoms with Crippen LogP contribution in [0.2, 0.25) is 0 Å². The Labute approximate surface area is 95.8 Å². The zero-order valence-corrected chi connectivity index (χ0v) is 9.26. The number of hydrogen-bond acceptors (Lipinski definition) is 2. The topological polar surface area (TPSA) is 37.9 Å². The Morgan fingerprint density at radius 2 is 2.13 bits per heavy atom. The fourth-order valence-corrected chi connectivity index (χ4v) is 1.69. The number of pyridine rings is 1. The van der Waals surface area contributed by atoms with Crippen molar-refractivity contribution in [2.75, 3.05) is 0 Å². The minimum atomic E-state index is -4.72. The van der Waals surface area contributed by atoms with Gasteiger partial charge in [-0.15, -0.1) is 13.2 Å². The molecule has 7 heteroatoms. The van der Waals surface area contributed by atoms with Gasteiger partial charge in [-0.25, -0.2) is 0 Å². The Hall–Kier alpha value is -0.990. The molecule has 2 aromatic heterocycles. The second-order valence-corrected chi connectivity index (χ2v) is 3.90. The number of H-pyrrole nitrogens is 1. The van der Waals surface area contributed by atoms with Crippen molar-refractivity contribution < 1.29 is 17.9 Å². The molecule has 0 radical (unpaired) electrons. The van der Waals surface area contributed by atoms with Crippen LogP contribution in [0.1, 0.15) is 0 Å². The molecule has 0 amide bonds. The van der Waals surface area contributed by atoms with Gasteiger partial charge in [0.05, 0.1) is 3.57 Å². The van der Waals surface area contributed by atoms with Crippen molar-refractivity contribution in [1.82, 2.24) is 9.97 Å². The van der Waals surface area contributed by atoms with E-state index < -0.39 is 12.2 Å². The molecule has 80 valence electrons. The number of nitrogens with zero attached hydrogens (tertiary/aromatic N) is 1. The third-order valence-corrected chi connectivity index (χ3v) is 2.44. The third-order valence-electron chi connectivity index (χ3n) is 1.67. The first kappa shape index (κ1) is 10.5. The number of halogens is 4. The molecule has 3 nitrogen and oxygen atoms in total. The lowest BCUT2D eigenvalue weighted by Crippen LogP contribution is -2.18. The maximum Gasteiger partial charge on any atom is 0.574 e. The Balaban J connectivity index is 2.46. The minimum Gasteiger partial charge on any atom is -0.387 e. The fourth-order valence-electron chi connectivity index (χ4n) is 1.12. The number of aromatic amines is 1. The second-order valence-electron chi connectivity index (χ2n) is 2.74. The van der Waals surface area contributed by atoms with Gasteiger partial charge >= 0.3 is 6.36 Å². The van der Waals surface area contributed by atoms with Crippen molar-refractivity contribution in [3.63, 3.8) is 0 Å². The average molecular weight is 328 g/mol. The molecule has 0 saturated carbocycles. The number of rotatable bonds is 1. The molecule has 0 spiro atoms. The van der Waals surface area contributed by atoms with Crippen LogP contribution >= 0.6 is 22.6 Å². The first-order valence-electron chi connectivity index (χ1n) is 3.85. The van der Waals surface area contributed by atoms with Crippen molar-refractivity contribution in [2.45, 2.75) is 6.36 Å². The van der Waals surface area contributed by atoms with Gasteiger partial charge in [-0.3, -0.25) is 0 Å². The predicted octanol–water partition coefficient (Wildman–Crippen LogP) is 3.07. The summed E-state index contributed by atoms with van der Waals surface area (Å²) in [5.74, 6) is -0.432. The summed E-state index contributed by atoms with van der Waals surface area (Å²) in [5.41, 5.74) is 0.370. The summed E-state index contributed by atoms with van der Waals surface area (Å²) in [6.07, 6.45) is -3.11. The van der Waals surface area contributed by atoms with E-state index in [0.717, 1.165) is 5.39 Å². The molecule has 0 bridgehead atoms. The molecule has 1 N–H and O–H groups in total. The zero-order chi connectivity index (χ0) is 11.1. The molecule has 2 heterocycles. The first-order valence-corrected chi connectivity index (χ1v) is 4.93. The van der Waals surface area contributed by atoms with Crippen LogP contribution < -0.4 is 4.74 Å². The van der Waals surface area contributed by atoms with E-state index in [9.17, 15) is 13.2 Å². The van der Waals surface area contributed by atoms with Gasteiger partial charge in [0.1, 0.15) is 5.65 Å². The average Bonchev–Trinajstić information content (AvgIpc) is 2.49. The molecule has 2 rings (SSSR count). The molecule has 0 fully saturated rings. The lowest BCUT2D eigenvalue weighted by atomic mass is 10.3. The minimum absolute atomic E-state index is 0.317. The Morgan fingerprint density at radius 3 is 2.80 bits per heavy atom. The lowest BCUT2D eigenvalue weighted by Gasteiger charge is -2.09. The number of nitrogens with one attached hydrogen (secondary N) is 1. The van der Waals surface area contributed by atoms with Gasteiger partial charge in [-0.05, 0) is 34.7 Å². The van der Waals surface area contributed by atoms with Gasteiger partial charge in [0.15, 0.2) is 0 Å². The second kappa shape index (κ2) is 3.54. The van der Waals surface area contributed by atoms with E-state index in [1.165, 1.54) is 0 Å². The highest BCUT2D eigenvalue weighted by Gasteiger charge is 2.32. The largest absolute Gasteiger partial charge is 0.574 e. The molecule has 2 aromatic rings. The summed E-state index contributed by atoms with van der Waals surface area (Å²) in [5, 5.41) is 0.744. The van der Waals surface area contributed by atoms with Gasteiger partial charge in [-0.1, -0.05) is 0 Å². The number of alkyl halides is 3. The molecule has 0 unspecified atom stereocenters. The highest BCUT2D eigenvalue weighted by Crippen LogP contribution is 2.28. The van der Waals surface area contributed by atoms with Gasteiger partial charge in [0.2, 0.25) is 5.88 Å². The maximum absolute atomic E-state index is 12.0. The van der Waals surface area contributed by atoms with Crippen molar-refractivity contribution >= 4 is 33.6 Å². The molecule has 0 aliphatic rings. The first-order chi connectivity index (χ1) is 6.96. The Bertz CT molecular complexity index is 494. The maximum atomic E-state index is 12.0. The molecule has 0 aliphatic carbocycles. The highest BCUT2D eigenvalue weighted by atomic mass is 127. The number of ether oxygens (including phenoxy) is 1. The number of aromatic nitrogens is 2. The molecule has 0 saturated heterocycles. The van der Waals surface area contributed by atoms with E-state index in [1.807, 2.05) is 0 Å². The van der Waals surface area contributed by atoms with Crippen LogP contribution in [0.3, 0.4) is 0 Å². The van der Waals surface area contributed by atoms with Crippen LogP contribution in [0, 0.1) is 3.57 Å². The van der Waals surface area contributed by atoms with Crippen molar-refractivity contribution in [2.24, 2.45) is 0 Å². The van der Waals surface area contributed by atoms with Crippen LogP contribution in [-0.4, -0.2) is 16.3 Å². The molecule has 0 aromatic carbocycles. The van der Waals surface area contributed by atoms with Crippen LogP contribution in [0.25, 0.3) is 11.0 Å². The summed E-state index contributed by atoms with van der Waals surface area (Å²) < 4.78 is 40.0. The van der Waals surface area contributed by atoms with E-state index in [4.69, 9.17) is 0 Å². The monoisotopic (exact) mass is 328 g/mol. The summed E-state index contributed by atoms with van der Waals surface area (Å²) in [6, 6.07) is 3.29. The van der Waals surface area contributed by atoms with Crippen molar-refractivity contribution in [3.05, 3.63) is 21.9 Å². The van der Waals surface area contributed by atoms with Gasteiger partial charge in [0, 0.05) is 11.6 Å². The highest BCUT2D eigenvalue weighted by molar-refractivity contribution is 14.1. The van der Waals surface area contributed by atoms with E-state index in [1.54, 1.807) is 40.9 Å². The van der Waals surface area contributed by atoms with Crippen LogP contribution in [0.15, 0.2) is 18.3 Å². The van der Waals surface area contributed by atoms with E-state index in [0.29, 0.717) is 9.22 Å². The van der Waals surface area contributed by atoms with Crippen molar-refractivity contribution in [3.8, 4) is 5.88 Å². The van der Waals surface area contributed by atoms with Crippen LogP contribution in [0.4, 0.5) is 13.2 Å². The SMILES string of the molecule is FC(F)(F)Oc1nc2[nH]ccc2cc1I. The Morgan fingerprint density at radius 1 is 1.40 bits per heavy atom. The Kier molecular flexibility index (Phi) is 2.49. The number of hydrogen-bond donors (Lipinski definition) is 1. The number of fused-ring (bicyclic) bond motifs is 1. The predicted molar refractivity (Wildman–Crippen MR) is 55.5 cm³/mol. The summed E-state index contributed by atoms with van der Waals surface area (Å²) >= 11 is 1.74. The van der Waals surface area contributed by atoms with Gasteiger partial charge in [0.25, 0.3) is 0 Å². The summed E-state index contributed by atoms with van der Waals surface area (Å²) in [4.78, 5) is 6.43. The summed E-state index contributed by atoms with van der Waals surface area (Å²) in [6.45, 7) is 0. The summed E-state index contributed by atoms with van der Waals surface area (Å²) in [7, 11) is 0. The molecular formula is C8H4F3IN2O. The van der Waals surface area contributed by atoms with Gasteiger partial charge < -0.3 is 9.72 Å². The normalized spacial score (nSPS) is 12.0. The van der Waals surface area contributed by atoms with Crippen LogP contribution in [-0.2, 0) is 0 Å². The molecule has 15 heavy (non-hydrogen) atoms. The lowest BCUT2D eigenvalue weighted by molar-refractivity contribution is -0.276. The fraction of sp³-hybridized carbons (Fsp3) is 0.125. The smallest absolute Gasteiger partial charge is 0.387 e. The van der Waals surface area contributed by atoms with Crippen molar-refractivity contribution in [1.29, 1.82) is 0 Å². The zero-order valence-electron chi connectivity index (χ0n) is 7.10. The van der Waals surface area contributed by atoms with E-state index in [-0.39, 0.29) is 0 Å². The molecule has 0 aliphatic heterocycles. The van der Waals surface area contributed by atoms with E-state index >= 15 is 0 Å². The van der Waals surface area contributed by atoms with Gasteiger partial charge in [-0.2, -0.15) is 4.98 Å². The van der Waals surface area contributed by atoms with E-state index in [2.05, 4.69) is 14.7 Å².